The summed E-state index contributed by atoms with van der Waals surface area (Å²) in [6.45, 7) is 24.0. The number of nitrogens with zero attached hydrogens (tertiary/aromatic N) is 11. The molecule has 22 heteroatoms. The first kappa shape index (κ1) is 46.3. The molecule has 0 saturated carbocycles. The first-order valence-corrected chi connectivity index (χ1v) is 21.5. The Labute approximate surface area is 364 Å². The molecule has 2 fully saturated rings. The molecule has 4 aromatic rings. The summed E-state index contributed by atoms with van der Waals surface area (Å²) in [4.78, 5) is 83.9. The second-order valence-corrected chi connectivity index (χ2v) is 18.8. The number of esters is 1. The van der Waals surface area contributed by atoms with Gasteiger partial charge in [-0.3, -0.25) is 19.5 Å². The third-order valence-electron chi connectivity index (χ3n) is 9.19. The van der Waals surface area contributed by atoms with Crippen LogP contribution in [0.4, 0.5) is 21.0 Å². The average Bonchev–Trinajstić information content (AvgIpc) is 3.73. The van der Waals surface area contributed by atoms with Gasteiger partial charge in [-0.05, 0) is 107 Å². The van der Waals surface area contributed by atoms with E-state index >= 15 is 0 Å². The normalized spacial score (nSPS) is 15.3. The van der Waals surface area contributed by atoms with Crippen molar-refractivity contribution in [3.63, 3.8) is 0 Å². The van der Waals surface area contributed by atoms with E-state index in [1.807, 2.05) is 65.2 Å². The topological polar surface area (TPSA) is 207 Å². The van der Waals surface area contributed by atoms with Crippen LogP contribution in [0, 0.1) is 0 Å². The number of hydrogen-bond donors (Lipinski definition) is 1. The third-order valence-corrected chi connectivity index (χ3v) is 9.88. The number of carbonyl (C=O) groups excluding carboxylic acids is 3. The zero-order valence-electron chi connectivity index (χ0n) is 36.2. The minimum Gasteiger partial charge on any atom is -0.459 e. The molecule has 6 heterocycles. The molecule has 0 aromatic carbocycles. The van der Waals surface area contributed by atoms with Crippen molar-refractivity contribution in [2.45, 2.75) is 112 Å². The van der Waals surface area contributed by atoms with Crippen molar-refractivity contribution < 1.29 is 28.6 Å². The van der Waals surface area contributed by atoms with E-state index in [-0.39, 0.29) is 40.4 Å². The predicted octanol–water partition coefficient (Wildman–Crippen LogP) is 4.41. The molecule has 1 N–H and O–H groups in total. The van der Waals surface area contributed by atoms with Crippen LogP contribution in [-0.2, 0) is 38.4 Å². The number of ether oxygens (including phenoxy) is 3. The molecule has 2 aliphatic heterocycles. The van der Waals surface area contributed by atoms with Crippen LogP contribution in [0.5, 0.6) is 0 Å². The highest BCUT2D eigenvalue weighted by Crippen LogP contribution is 2.24. The van der Waals surface area contributed by atoms with Crippen molar-refractivity contribution in [1.29, 1.82) is 0 Å². The van der Waals surface area contributed by atoms with Gasteiger partial charge in [0.05, 0.1) is 11.4 Å². The minimum absolute atomic E-state index is 0.111. The Morgan fingerprint density at radius 1 is 0.667 bits per heavy atom. The Kier molecular flexibility index (Phi) is 14.0. The molecular formula is C38H56Br2N12O8. The van der Waals surface area contributed by atoms with Crippen LogP contribution in [0.2, 0.25) is 0 Å². The lowest BCUT2D eigenvalue weighted by Gasteiger charge is -2.37. The zero-order chi connectivity index (χ0) is 44.5. The van der Waals surface area contributed by atoms with E-state index in [9.17, 15) is 24.0 Å². The lowest BCUT2D eigenvalue weighted by molar-refractivity contribution is -0.155. The molecule has 0 unspecified atom stereocenters. The molecule has 20 nitrogen and oxygen atoms in total. The van der Waals surface area contributed by atoms with Gasteiger partial charge in [-0.2, -0.15) is 19.0 Å². The number of halogens is 2. The van der Waals surface area contributed by atoms with Gasteiger partial charge in [-0.1, -0.05) is 13.8 Å². The molecule has 4 aromatic heterocycles. The van der Waals surface area contributed by atoms with Crippen LogP contribution >= 0.6 is 31.9 Å². The van der Waals surface area contributed by atoms with E-state index in [0.717, 1.165) is 0 Å². The Morgan fingerprint density at radius 3 is 1.63 bits per heavy atom. The summed E-state index contributed by atoms with van der Waals surface area (Å²) in [5.74, 6) is 0.165. The number of aryl methyl sites for hydroxylation is 1. The second kappa shape index (κ2) is 18.1. The summed E-state index contributed by atoms with van der Waals surface area (Å²) >= 11 is 6.48. The van der Waals surface area contributed by atoms with Crippen molar-refractivity contribution in [2.24, 2.45) is 0 Å². The predicted molar refractivity (Wildman–Crippen MR) is 231 cm³/mol. The van der Waals surface area contributed by atoms with E-state index in [4.69, 9.17) is 14.2 Å². The van der Waals surface area contributed by atoms with E-state index in [1.54, 1.807) is 35.1 Å². The highest BCUT2D eigenvalue weighted by Gasteiger charge is 2.32. The average molecular weight is 969 g/mol. The molecule has 2 amide bonds. The Balaban J connectivity index is 0.000000236. The monoisotopic (exact) mass is 966 g/mol. The van der Waals surface area contributed by atoms with E-state index < -0.39 is 22.8 Å². The number of aromatic nitrogens is 8. The first-order valence-electron chi connectivity index (χ1n) is 19.9. The van der Waals surface area contributed by atoms with Gasteiger partial charge in [-0.25, -0.2) is 14.6 Å². The molecule has 6 rings (SSSR count). The largest absolute Gasteiger partial charge is 0.459 e. The van der Waals surface area contributed by atoms with Crippen molar-refractivity contribution in [2.75, 3.05) is 62.2 Å². The van der Waals surface area contributed by atoms with Gasteiger partial charge >= 0.3 is 18.2 Å². The number of carbonyl (C=O) groups is 3. The molecular weight excluding hydrogens is 912 g/mol. The molecule has 60 heavy (non-hydrogen) atoms. The number of rotatable bonds is 6. The summed E-state index contributed by atoms with van der Waals surface area (Å²) < 4.78 is 21.3. The van der Waals surface area contributed by atoms with Gasteiger partial charge in [0, 0.05) is 52.4 Å². The molecule has 0 bridgehead atoms. The Bertz CT molecular complexity index is 2340. The number of amides is 2. The molecule has 330 valence electrons. The zero-order valence-corrected chi connectivity index (χ0v) is 39.4. The van der Waals surface area contributed by atoms with E-state index in [0.29, 0.717) is 98.5 Å². The fourth-order valence-electron chi connectivity index (χ4n) is 6.77. The van der Waals surface area contributed by atoms with E-state index in [2.05, 4.69) is 57.0 Å². The number of hydrogen-bond acceptors (Lipinski definition) is 14. The number of anilines is 2. The number of piperazine rings is 2. The first-order chi connectivity index (χ1) is 27.9. The van der Waals surface area contributed by atoms with Crippen LogP contribution in [0.1, 0.15) is 87.5 Å². The lowest BCUT2D eigenvalue weighted by Crippen LogP contribution is -2.51. The SMILES string of the molecule is CCc1c(N2CCN(C(=O)OC(C)(C)C)CC2)c(=O)n2nc(Br)nc2n1CC(=O)OC(C)(C)C.CCc1nc2nc(Br)[nH]n2c(=O)c1N1CCN(C(=O)OC(C)(C)C)CC1. The summed E-state index contributed by atoms with van der Waals surface area (Å²) in [5, 5.41) is 7.04. The fourth-order valence-corrected chi connectivity index (χ4v) is 7.43. The maximum atomic E-state index is 13.5. The number of aromatic amines is 1. The summed E-state index contributed by atoms with van der Waals surface area (Å²) in [6.07, 6.45) is 0.412. The Hall–Kier alpha value is -4.73. The second-order valence-electron chi connectivity index (χ2n) is 17.3. The Morgan fingerprint density at radius 2 is 1.17 bits per heavy atom. The van der Waals surface area contributed by atoms with Crippen molar-refractivity contribution in [3.05, 3.63) is 41.6 Å². The summed E-state index contributed by atoms with van der Waals surface area (Å²) in [5.41, 5.74) is 0.120. The van der Waals surface area contributed by atoms with E-state index in [1.165, 1.54) is 9.03 Å². The van der Waals surface area contributed by atoms with Gasteiger partial charge in [0.1, 0.15) is 34.7 Å². The quantitative estimate of drug-likeness (QED) is 0.210. The molecule has 2 aliphatic rings. The van der Waals surface area contributed by atoms with Crippen LogP contribution in [0.15, 0.2) is 19.1 Å². The standard InChI is InChI=1S/C22H33BrN6O5.C16H23BrN6O3/c1-8-14-16(26-9-11-27(12-10-26)20(32)34-22(5,6)7)17(31)29-19(24-18(23)25-29)28(14)13-15(30)33-21(2,3)4;1-5-10-11(12(24)23-14(18-10)19-13(17)20-23)21-6-8-22(9-7-21)15(25)26-16(2,3)4/h8-13H2,1-7H3;5-9H2,1-4H3,(H,18,19,20). The van der Waals surface area contributed by atoms with Gasteiger partial charge in [0.15, 0.2) is 4.73 Å². The highest BCUT2D eigenvalue weighted by molar-refractivity contribution is 9.10. The van der Waals surface area contributed by atoms with Crippen molar-refractivity contribution in [3.8, 4) is 0 Å². The minimum atomic E-state index is -0.645. The van der Waals surface area contributed by atoms with Gasteiger partial charge in [0.2, 0.25) is 10.5 Å². The molecule has 0 aliphatic carbocycles. The van der Waals surface area contributed by atoms with Gasteiger partial charge in [0.25, 0.3) is 16.9 Å². The summed E-state index contributed by atoms with van der Waals surface area (Å²) in [6, 6.07) is 0. The molecule has 0 atom stereocenters. The highest BCUT2D eigenvalue weighted by atomic mass is 79.9. The third kappa shape index (κ3) is 11.1. The van der Waals surface area contributed by atoms with Gasteiger partial charge < -0.3 is 38.4 Å². The molecule has 0 radical (unpaired) electrons. The smallest absolute Gasteiger partial charge is 0.410 e. The van der Waals surface area contributed by atoms with Crippen LogP contribution in [0.25, 0.3) is 11.6 Å². The molecule has 0 spiro atoms. The van der Waals surface area contributed by atoms with Crippen LogP contribution < -0.4 is 20.9 Å². The number of nitrogens with one attached hydrogen (secondary N) is 1. The van der Waals surface area contributed by atoms with Crippen LogP contribution in [0.3, 0.4) is 0 Å². The lowest BCUT2D eigenvalue weighted by atomic mass is 10.2. The maximum Gasteiger partial charge on any atom is 0.410 e. The summed E-state index contributed by atoms with van der Waals surface area (Å²) in [7, 11) is 0. The van der Waals surface area contributed by atoms with Crippen LogP contribution in [-0.4, -0.2) is 136 Å². The van der Waals surface area contributed by atoms with Crippen molar-refractivity contribution in [1.82, 2.24) is 48.5 Å². The van der Waals surface area contributed by atoms with Crippen molar-refractivity contribution >= 4 is 72.9 Å². The molecule has 2 saturated heterocycles. The fraction of sp³-hybridized carbons (Fsp3) is 0.658. The maximum absolute atomic E-state index is 13.5. The van der Waals surface area contributed by atoms with Gasteiger partial charge in [-0.15, -0.1) is 5.10 Å². The number of H-pyrrole nitrogens is 1. The number of fused-ring (bicyclic) bond motifs is 2.